The van der Waals surface area contributed by atoms with Crippen LogP contribution in [0, 0.1) is 5.82 Å². The molecule has 0 radical (unpaired) electrons. The van der Waals surface area contributed by atoms with Crippen LogP contribution >= 0.6 is 15.9 Å². The van der Waals surface area contributed by atoms with Gasteiger partial charge in [-0.3, -0.25) is 11.3 Å². The zero-order chi connectivity index (χ0) is 15.3. The van der Waals surface area contributed by atoms with Gasteiger partial charge in [0.1, 0.15) is 5.82 Å². The maximum Gasteiger partial charge on any atom is 0.137 e. The van der Waals surface area contributed by atoms with Crippen LogP contribution in [-0.4, -0.2) is 31.5 Å². The van der Waals surface area contributed by atoms with E-state index in [-0.39, 0.29) is 17.5 Å². The summed E-state index contributed by atoms with van der Waals surface area (Å²) in [5.41, 5.74) is 3.57. The largest absolute Gasteiger partial charge is 0.381 e. The highest BCUT2D eigenvalue weighted by atomic mass is 79.9. The average Bonchev–Trinajstić information content (AvgIpc) is 2.49. The average molecular weight is 361 g/mol. The molecule has 0 amide bonds. The maximum absolute atomic E-state index is 13.3. The molecule has 0 spiro atoms. The molecule has 0 aromatic heterocycles. The molecular weight excluding hydrogens is 339 g/mol. The summed E-state index contributed by atoms with van der Waals surface area (Å²) in [7, 11) is 0. The zero-order valence-corrected chi connectivity index (χ0v) is 13.8. The number of hydrazine groups is 1. The molecule has 3 N–H and O–H groups in total. The Labute approximate surface area is 133 Å². The topological polar surface area (TPSA) is 56.5 Å². The first-order valence-electron chi connectivity index (χ1n) is 7.23. The second-order valence-electron chi connectivity index (χ2n) is 5.28. The number of rotatable bonds is 6. The van der Waals surface area contributed by atoms with Crippen LogP contribution in [0.2, 0.25) is 0 Å². The number of hydrogen-bond donors (Lipinski definition) is 2. The molecule has 1 fully saturated rings. The minimum absolute atomic E-state index is 0.0429. The Kier molecular flexibility index (Phi) is 6.13. The Bertz CT molecular complexity index is 461. The summed E-state index contributed by atoms with van der Waals surface area (Å²) in [6.07, 6.45) is 2.28. The van der Waals surface area contributed by atoms with Crippen molar-refractivity contribution in [3.05, 3.63) is 34.1 Å². The van der Waals surface area contributed by atoms with Crippen LogP contribution in [-0.2, 0) is 15.9 Å². The van der Waals surface area contributed by atoms with Crippen LogP contribution in [0.25, 0.3) is 0 Å². The van der Waals surface area contributed by atoms with Gasteiger partial charge in [0.15, 0.2) is 0 Å². The van der Waals surface area contributed by atoms with Gasteiger partial charge in [0.05, 0.1) is 16.1 Å². The fourth-order valence-electron chi connectivity index (χ4n) is 2.90. The van der Waals surface area contributed by atoms with E-state index < -0.39 is 0 Å². The Morgan fingerprint density at radius 3 is 2.76 bits per heavy atom. The molecule has 0 saturated carbocycles. The summed E-state index contributed by atoms with van der Waals surface area (Å²) in [5, 5.41) is 0. The second-order valence-corrected chi connectivity index (χ2v) is 6.14. The quantitative estimate of drug-likeness (QED) is 0.604. The summed E-state index contributed by atoms with van der Waals surface area (Å²) in [4.78, 5) is 0. The van der Waals surface area contributed by atoms with E-state index in [0.29, 0.717) is 30.7 Å². The Morgan fingerprint density at radius 2 is 2.19 bits per heavy atom. The van der Waals surface area contributed by atoms with Crippen molar-refractivity contribution in [3.8, 4) is 0 Å². The Hall–Kier alpha value is -0.530. The monoisotopic (exact) mass is 360 g/mol. The molecule has 6 heteroatoms. The SMILES string of the molecule is CCOC1(C(Cc2ccc(F)c(Br)c2)NN)CCOCC1. The van der Waals surface area contributed by atoms with Crippen molar-refractivity contribution in [2.75, 3.05) is 19.8 Å². The summed E-state index contributed by atoms with van der Waals surface area (Å²) in [6, 6.07) is 4.99. The van der Waals surface area contributed by atoms with Crippen LogP contribution in [0.4, 0.5) is 4.39 Å². The maximum atomic E-state index is 13.3. The van der Waals surface area contributed by atoms with Crippen LogP contribution < -0.4 is 11.3 Å². The first-order valence-corrected chi connectivity index (χ1v) is 8.02. The van der Waals surface area contributed by atoms with E-state index in [1.54, 1.807) is 12.1 Å². The van der Waals surface area contributed by atoms with Gasteiger partial charge in [-0.05, 0) is 47.0 Å². The number of ether oxygens (including phenoxy) is 2. The highest BCUT2D eigenvalue weighted by molar-refractivity contribution is 9.10. The van der Waals surface area contributed by atoms with Crippen molar-refractivity contribution >= 4 is 15.9 Å². The van der Waals surface area contributed by atoms with E-state index in [2.05, 4.69) is 21.4 Å². The molecule has 1 saturated heterocycles. The van der Waals surface area contributed by atoms with Crippen molar-refractivity contribution in [2.24, 2.45) is 5.84 Å². The van der Waals surface area contributed by atoms with Gasteiger partial charge in [-0.25, -0.2) is 4.39 Å². The third-order valence-corrected chi connectivity index (χ3v) is 4.64. The Balaban J connectivity index is 2.17. The lowest BCUT2D eigenvalue weighted by atomic mass is 9.83. The number of nitrogens with one attached hydrogen (secondary N) is 1. The molecule has 1 aromatic rings. The van der Waals surface area contributed by atoms with Crippen LogP contribution in [0.15, 0.2) is 22.7 Å². The van der Waals surface area contributed by atoms with Gasteiger partial charge >= 0.3 is 0 Å². The third-order valence-electron chi connectivity index (χ3n) is 4.03. The highest BCUT2D eigenvalue weighted by Crippen LogP contribution is 2.31. The number of benzene rings is 1. The van der Waals surface area contributed by atoms with E-state index in [4.69, 9.17) is 15.3 Å². The molecule has 1 unspecified atom stereocenters. The summed E-state index contributed by atoms with van der Waals surface area (Å²) in [5.74, 6) is 5.52. The van der Waals surface area contributed by atoms with Gasteiger partial charge in [0.2, 0.25) is 0 Å². The normalized spacial score (nSPS) is 19.4. The van der Waals surface area contributed by atoms with Crippen molar-refractivity contribution in [1.82, 2.24) is 5.43 Å². The molecule has 21 heavy (non-hydrogen) atoms. The van der Waals surface area contributed by atoms with Gasteiger partial charge in [-0.1, -0.05) is 6.07 Å². The fraction of sp³-hybridized carbons (Fsp3) is 0.600. The van der Waals surface area contributed by atoms with Crippen LogP contribution in [0.5, 0.6) is 0 Å². The Morgan fingerprint density at radius 1 is 1.48 bits per heavy atom. The first-order chi connectivity index (χ1) is 10.1. The lowest BCUT2D eigenvalue weighted by Crippen LogP contribution is -2.58. The third kappa shape index (κ3) is 4.02. The van der Waals surface area contributed by atoms with Gasteiger partial charge < -0.3 is 9.47 Å². The smallest absolute Gasteiger partial charge is 0.137 e. The van der Waals surface area contributed by atoms with E-state index in [0.717, 1.165) is 18.4 Å². The molecule has 0 aliphatic carbocycles. The molecule has 2 rings (SSSR count). The first kappa shape index (κ1) is 16.8. The van der Waals surface area contributed by atoms with E-state index in [1.165, 1.54) is 6.07 Å². The molecule has 4 nitrogen and oxygen atoms in total. The van der Waals surface area contributed by atoms with E-state index in [1.807, 2.05) is 6.92 Å². The molecular formula is C15H22BrFN2O2. The number of hydrogen-bond acceptors (Lipinski definition) is 4. The van der Waals surface area contributed by atoms with Gasteiger partial charge in [0.25, 0.3) is 0 Å². The van der Waals surface area contributed by atoms with E-state index in [9.17, 15) is 4.39 Å². The fourth-order valence-corrected chi connectivity index (χ4v) is 3.32. The van der Waals surface area contributed by atoms with E-state index >= 15 is 0 Å². The lowest BCUT2D eigenvalue weighted by Gasteiger charge is -2.43. The van der Waals surface area contributed by atoms with Crippen molar-refractivity contribution < 1.29 is 13.9 Å². The van der Waals surface area contributed by atoms with Gasteiger partial charge in [-0.2, -0.15) is 0 Å². The predicted molar refractivity (Wildman–Crippen MR) is 83.3 cm³/mol. The van der Waals surface area contributed by atoms with Crippen molar-refractivity contribution in [2.45, 2.75) is 37.8 Å². The minimum Gasteiger partial charge on any atom is -0.381 e. The second kappa shape index (κ2) is 7.65. The molecule has 1 aromatic carbocycles. The van der Waals surface area contributed by atoms with Crippen molar-refractivity contribution in [3.63, 3.8) is 0 Å². The van der Waals surface area contributed by atoms with Crippen LogP contribution in [0.1, 0.15) is 25.3 Å². The summed E-state index contributed by atoms with van der Waals surface area (Å²) < 4.78 is 25.3. The van der Waals surface area contributed by atoms with Gasteiger partial charge in [-0.15, -0.1) is 0 Å². The van der Waals surface area contributed by atoms with Crippen molar-refractivity contribution in [1.29, 1.82) is 0 Å². The van der Waals surface area contributed by atoms with Crippen LogP contribution in [0.3, 0.4) is 0 Å². The number of nitrogens with two attached hydrogens (primary N) is 1. The summed E-state index contributed by atoms with van der Waals surface area (Å²) in [6.45, 7) is 3.96. The molecule has 1 atom stereocenters. The molecule has 1 heterocycles. The molecule has 118 valence electrons. The minimum atomic E-state index is -0.331. The highest BCUT2D eigenvalue weighted by Gasteiger charge is 2.40. The standard InChI is InChI=1S/C15H22BrFN2O2/c1-2-21-15(5-7-20-8-6-15)14(19-18)10-11-3-4-13(17)12(16)9-11/h3-4,9,14,19H,2,5-8,10,18H2,1H3. The molecule has 1 aliphatic heterocycles. The molecule has 0 bridgehead atoms. The molecule has 1 aliphatic rings. The van der Waals surface area contributed by atoms with Gasteiger partial charge in [0, 0.05) is 32.7 Å². The lowest BCUT2D eigenvalue weighted by molar-refractivity contribution is -0.126. The predicted octanol–water partition coefficient (Wildman–Crippen LogP) is 2.55. The zero-order valence-electron chi connectivity index (χ0n) is 12.2. The summed E-state index contributed by atoms with van der Waals surface area (Å²) >= 11 is 3.22. The number of halogens is 2.